The molecule has 0 atom stereocenters. The van der Waals surface area contributed by atoms with Gasteiger partial charge in [0.2, 0.25) is 0 Å². The molecule has 0 saturated carbocycles. The second-order valence-corrected chi connectivity index (χ2v) is 4.77. The van der Waals surface area contributed by atoms with Crippen molar-refractivity contribution in [2.45, 2.75) is 52.4 Å². The van der Waals surface area contributed by atoms with Crippen LogP contribution in [0.15, 0.2) is 0 Å². The summed E-state index contributed by atoms with van der Waals surface area (Å²) in [5, 5.41) is 0. The highest BCUT2D eigenvalue weighted by molar-refractivity contribution is 7.46. The highest BCUT2D eigenvalue weighted by atomic mass is 31.2. The van der Waals surface area contributed by atoms with Crippen molar-refractivity contribution in [3.8, 4) is 0 Å². The summed E-state index contributed by atoms with van der Waals surface area (Å²) in [5.41, 5.74) is 5.21. The van der Waals surface area contributed by atoms with Crippen LogP contribution in [0.25, 0.3) is 0 Å². The van der Waals surface area contributed by atoms with Gasteiger partial charge in [0.05, 0.1) is 6.61 Å². The Kier molecular flexibility index (Phi) is 21.0. The van der Waals surface area contributed by atoms with E-state index in [4.69, 9.17) is 15.5 Å². The Morgan fingerprint density at radius 3 is 1.82 bits per heavy atom. The number of rotatable bonds is 8. The van der Waals surface area contributed by atoms with E-state index in [-0.39, 0.29) is 12.8 Å². The van der Waals surface area contributed by atoms with E-state index >= 15 is 0 Å². The van der Waals surface area contributed by atoms with Crippen LogP contribution in [0.5, 0.6) is 0 Å². The van der Waals surface area contributed by atoms with Crippen molar-refractivity contribution in [3.63, 3.8) is 0 Å². The third-order valence-corrected chi connectivity index (χ3v) is 2.33. The number of phosphoric acid groups is 1. The maximum absolute atomic E-state index is 10.1. The summed E-state index contributed by atoms with van der Waals surface area (Å²) in [6.45, 7) is 5.19. The molecule has 0 spiro atoms. The van der Waals surface area contributed by atoms with Gasteiger partial charge < -0.3 is 21.7 Å². The summed E-state index contributed by atoms with van der Waals surface area (Å²) in [5.74, 6) is 0. The molecule has 0 rings (SSSR count). The summed E-state index contributed by atoms with van der Waals surface area (Å²) < 4.78 is 14.3. The quantitative estimate of drug-likeness (QED) is 0.397. The summed E-state index contributed by atoms with van der Waals surface area (Å²) >= 11 is 0. The smallest absolute Gasteiger partial charge is 0.344 e. The van der Waals surface area contributed by atoms with E-state index in [0.717, 1.165) is 19.4 Å². The van der Waals surface area contributed by atoms with Gasteiger partial charge in [-0.2, -0.15) is 0 Å². The first kappa shape index (κ1) is 22.2. The van der Waals surface area contributed by atoms with Crippen LogP contribution in [0.2, 0.25) is 0 Å². The highest BCUT2D eigenvalue weighted by Crippen LogP contribution is 2.35. The van der Waals surface area contributed by atoms with Crippen LogP contribution < -0.4 is 11.9 Å². The molecule has 0 saturated heterocycles. The number of hydrogen-bond donors (Lipinski definition) is 4. The van der Waals surface area contributed by atoms with Crippen molar-refractivity contribution in [2.75, 3.05) is 13.2 Å². The van der Waals surface area contributed by atoms with Gasteiger partial charge in [0.15, 0.2) is 0 Å². The molecule has 0 aliphatic heterocycles. The van der Waals surface area contributed by atoms with Crippen LogP contribution in [0.3, 0.4) is 0 Å². The minimum Gasteiger partial charge on any atom is -0.344 e. The third-order valence-electron chi connectivity index (χ3n) is 1.82. The van der Waals surface area contributed by atoms with Crippen molar-refractivity contribution >= 4 is 7.82 Å². The topological polar surface area (TPSA) is 128 Å². The number of nitrogens with two attached hydrogens (primary N) is 1. The van der Waals surface area contributed by atoms with E-state index in [0.29, 0.717) is 6.42 Å². The van der Waals surface area contributed by atoms with Crippen molar-refractivity contribution in [3.05, 3.63) is 0 Å². The largest absolute Gasteiger partial charge is 0.469 e. The van der Waals surface area contributed by atoms with Gasteiger partial charge in [-0.15, -0.1) is 0 Å². The standard InChI is InChI=1S/C5H13N.C5H13O4P.H3N/c1-2-3-4-5-6;1-2-3-4-5-9-10(6,7)8;/h2-6H2,1H3;2-5H2,1H3,(H2,6,7,8);1H3. The fraction of sp³-hybridized carbons (Fsp3) is 1.00. The van der Waals surface area contributed by atoms with E-state index in [1.165, 1.54) is 19.3 Å². The minimum atomic E-state index is -4.21. The molecule has 108 valence electrons. The summed E-state index contributed by atoms with van der Waals surface area (Å²) in [4.78, 5) is 16.4. The van der Waals surface area contributed by atoms with Gasteiger partial charge in [-0.1, -0.05) is 39.5 Å². The molecule has 0 aromatic carbocycles. The van der Waals surface area contributed by atoms with E-state index in [1.54, 1.807) is 0 Å². The Bertz CT molecular complexity index is 172. The Balaban J connectivity index is -0.000000244. The minimum absolute atomic E-state index is 0. The first-order valence-electron chi connectivity index (χ1n) is 5.88. The second-order valence-electron chi connectivity index (χ2n) is 3.53. The van der Waals surface area contributed by atoms with Crippen LogP contribution in [-0.2, 0) is 9.09 Å². The molecule has 6 nitrogen and oxygen atoms in total. The second kappa shape index (κ2) is 16.0. The zero-order chi connectivity index (χ0) is 12.9. The van der Waals surface area contributed by atoms with Crippen LogP contribution >= 0.6 is 7.82 Å². The molecule has 0 aromatic heterocycles. The Morgan fingerprint density at radius 1 is 1.06 bits per heavy atom. The summed E-state index contributed by atoms with van der Waals surface area (Å²) in [7, 11) is -4.21. The SMILES string of the molecule is CCCCCN.CCCCCOP(=O)(O)O.N. The van der Waals surface area contributed by atoms with Crippen LogP contribution in [-0.4, -0.2) is 22.9 Å². The van der Waals surface area contributed by atoms with E-state index < -0.39 is 7.82 Å². The lowest BCUT2D eigenvalue weighted by Gasteiger charge is -2.02. The molecule has 0 heterocycles. The lowest BCUT2D eigenvalue weighted by atomic mass is 10.3. The molecule has 7 N–H and O–H groups in total. The summed E-state index contributed by atoms with van der Waals surface area (Å²) in [6, 6.07) is 0. The predicted octanol–water partition coefficient (Wildman–Crippen LogP) is 2.58. The van der Waals surface area contributed by atoms with Gasteiger partial charge in [-0.3, -0.25) is 4.52 Å². The normalized spacial score (nSPS) is 10.2. The first-order valence-corrected chi connectivity index (χ1v) is 7.41. The Morgan fingerprint density at radius 2 is 1.53 bits per heavy atom. The molecule has 0 unspecified atom stereocenters. The zero-order valence-electron chi connectivity index (χ0n) is 11.1. The summed E-state index contributed by atoms with van der Waals surface area (Å²) in [6.07, 6.45) is 6.43. The fourth-order valence-corrected chi connectivity index (χ4v) is 1.30. The average Bonchev–Trinajstić information content (AvgIpc) is 2.21. The highest BCUT2D eigenvalue weighted by Gasteiger charge is 2.11. The Hall–Kier alpha value is 0.0300. The molecule has 17 heavy (non-hydrogen) atoms. The van der Waals surface area contributed by atoms with Gasteiger partial charge in [0, 0.05) is 0 Å². The molecular formula is C10H29N2O4P. The van der Waals surface area contributed by atoms with Crippen LogP contribution in [0, 0.1) is 0 Å². The fourth-order valence-electron chi connectivity index (χ4n) is 0.930. The van der Waals surface area contributed by atoms with Gasteiger partial charge in [0.1, 0.15) is 0 Å². The van der Waals surface area contributed by atoms with Crippen LogP contribution in [0.1, 0.15) is 52.4 Å². The van der Waals surface area contributed by atoms with E-state index in [9.17, 15) is 4.57 Å². The Labute approximate surface area is 105 Å². The van der Waals surface area contributed by atoms with E-state index in [1.807, 2.05) is 6.92 Å². The molecule has 0 aliphatic carbocycles. The number of unbranched alkanes of at least 4 members (excludes halogenated alkanes) is 4. The predicted molar refractivity (Wildman–Crippen MR) is 71.1 cm³/mol. The lowest BCUT2D eigenvalue weighted by Crippen LogP contribution is -1.96. The van der Waals surface area contributed by atoms with E-state index in [2.05, 4.69) is 11.4 Å². The first-order chi connectivity index (χ1) is 7.47. The molecule has 7 heteroatoms. The molecule has 0 radical (unpaired) electrons. The van der Waals surface area contributed by atoms with Crippen molar-refractivity contribution < 1.29 is 18.9 Å². The lowest BCUT2D eigenvalue weighted by molar-refractivity contribution is 0.193. The molecule has 0 aliphatic rings. The number of phosphoric ester groups is 1. The third kappa shape index (κ3) is 31.4. The molecule has 0 amide bonds. The molecule has 0 bridgehead atoms. The van der Waals surface area contributed by atoms with Crippen molar-refractivity contribution in [1.29, 1.82) is 0 Å². The maximum Gasteiger partial charge on any atom is 0.469 e. The molecular weight excluding hydrogens is 243 g/mol. The van der Waals surface area contributed by atoms with Crippen molar-refractivity contribution in [1.82, 2.24) is 6.15 Å². The monoisotopic (exact) mass is 272 g/mol. The molecule has 0 aromatic rings. The van der Waals surface area contributed by atoms with Gasteiger partial charge in [0.25, 0.3) is 0 Å². The van der Waals surface area contributed by atoms with Gasteiger partial charge >= 0.3 is 7.82 Å². The van der Waals surface area contributed by atoms with Crippen molar-refractivity contribution in [2.24, 2.45) is 5.73 Å². The van der Waals surface area contributed by atoms with Gasteiger partial charge in [-0.05, 0) is 19.4 Å². The maximum atomic E-state index is 10.1. The molecule has 0 fully saturated rings. The number of hydrogen-bond acceptors (Lipinski definition) is 4. The van der Waals surface area contributed by atoms with Gasteiger partial charge in [-0.25, -0.2) is 4.57 Å². The average molecular weight is 272 g/mol. The van der Waals surface area contributed by atoms with Crippen LogP contribution in [0.4, 0.5) is 0 Å². The zero-order valence-corrected chi connectivity index (χ0v) is 12.0.